The van der Waals surface area contributed by atoms with Crippen LogP contribution in [0.1, 0.15) is 72.3 Å². The van der Waals surface area contributed by atoms with E-state index in [-0.39, 0.29) is 68.6 Å². The summed E-state index contributed by atoms with van der Waals surface area (Å²) < 4.78 is 42.6. The molecule has 1 aromatic carbocycles. The predicted octanol–water partition coefficient (Wildman–Crippen LogP) is 4.62. The molecular weight excluding hydrogens is 620 g/mol. The van der Waals surface area contributed by atoms with Gasteiger partial charge in [-0.25, -0.2) is 9.46 Å². The Kier molecular flexibility index (Phi) is 17.3. The van der Waals surface area contributed by atoms with Gasteiger partial charge in [0.2, 0.25) is 0 Å². The average Bonchev–Trinajstić information content (AvgIpc) is 3.30. The van der Waals surface area contributed by atoms with Crippen LogP contribution in [0.3, 0.4) is 0 Å². The summed E-state index contributed by atoms with van der Waals surface area (Å²) >= 11 is 0. The first-order valence-electron chi connectivity index (χ1n) is 15.3. The molecule has 46 heavy (non-hydrogen) atoms. The number of nitrogens with zero attached hydrogens (tertiary/aromatic N) is 3. The van der Waals surface area contributed by atoms with Crippen LogP contribution in [0.2, 0.25) is 0 Å². The number of rotatable bonds is 20. The largest absolute Gasteiger partial charge is 0.508 e. The molecule has 1 aromatic rings. The lowest BCUT2D eigenvalue weighted by molar-refractivity contribution is -0.165. The van der Waals surface area contributed by atoms with E-state index in [1.807, 2.05) is 32.4 Å². The van der Waals surface area contributed by atoms with Gasteiger partial charge < -0.3 is 37.5 Å². The molecule has 0 aromatic heterocycles. The van der Waals surface area contributed by atoms with Crippen molar-refractivity contribution < 1.29 is 47.1 Å². The molecule has 1 saturated heterocycles. The summed E-state index contributed by atoms with van der Waals surface area (Å²) in [6.45, 7) is 10.6. The highest BCUT2D eigenvalue weighted by Crippen LogP contribution is 2.49. The Morgan fingerprint density at radius 1 is 1.07 bits per heavy atom. The minimum absolute atomic E-state index is 0.0146. The minimum atomic E-state index is -1.74. The first kappa shape index (κ1) is 39.2. The lowest BCUT2D eigenvalue weighted by Gasteiger charge is -2.38. The molecule has 1 fully saturated rings. The van der Waals surface area contributed by atoms with Crippen molar-refractivity contribution in [3.05, 3.63) is 34.7 Å². The van der Waals surface area contributed by atoms with Crippen LogP contribution in [-0.2, 0) is 42.3 Å². The zero-order chi connectivity index (χ0) is 34.2. The molecular formula is C30H45BN3O11P. The van der Waals surface area contributed by atoms with Gasteiger partial charge in [0.15, 0.2) is 6.79 Å². The molecule has 2 rings (SSSR count). The topological polar surface area (TPSA) is 172 Å². The second-order valence-corrected chi connectivity index (χ2v) is 12.8. The molecule has 0 radical (unpaired) electrons. The van der Waals surface area contributed by atoms with Gasteiger partial charge in [0.25, 0.3) is 8.53 Å². The number of hydrogen-bond acceptors (Lipinski definition) is 14. The van der Waals surface area contributed by atoms with Crippen molar-refractivity contribution in [2.45, 2.75) is 103 Å². The highest BCUT2D eigenvalue weighted by molar-refractivity contribution is 7.44. The van der Waals surface area contributed by atoms with Gasteiger partial charge in [-0.3, -0.25) is 4.79 Å². The number of esters is 1. The lowest BCUT2D eigenvalue weighted by Crippen LogP contribution is -2.42. The van der Waals surface area contributed by atoms with Crippen LogP contribution < -0.4 is 0 Å². The molecule has 0 N–H and O–H groups in total. The molecule has 6 atom stereocenters. The number of nitriles is 1. The summed E-state index contributed by atoms with van der Waals surface area (Å²) in [6, 6.07) is 8.31. The van der Waals surface area contributed by atoms with Crippen molar-refractivity contribution in [2.75, 3.05) is 26.6 Å². The fourth-order valence-corrected chi connectivity index (χ4v) is 6.56. The van der Waals surface area contributed by atoms with E-state index < -0.39 is 51.8 Å². The van der Waals surface area contributed by atoms with Gasteiger partial charge in [0, 0.05) is 24.4 Å². The lowest BCUT2D eigenvalue weighted by atomic mass is 9.93. The number of Topliss-reactive ketones (excluding diaryl/α,β-unsaturated/α-hetero) is 1. The minimum Gasteiger partial charge on any atom is -0.438 e. The Morgan fingerprint density at radius 3 is 2.39 bits per heavy atom. The second kappa shape index (κ2) is 20.3. The van der Waals surface area contributed by atoms with Crippen molar-refractivity contribution in [3.8, 4) is 6.07 Å². The zero-order valence-corrected chi connectivity index (χ0v) is 28.5. The fourth-order valence-electron chi connectivity index (χ4n) is 4.79. The predicted molar refractivity (Wildman–Crippen MR) is 171 cm³/mol. The maximum Gasteiger partial charge on any atom is 0.508 e. The van der Waals surface area contributed by atoms with E-state index >= 15 is 0 Å². The summed E-state index contributed by atoms with van der Waals surface area (Å²) in [7, 11) is 0.00890. The SMILES string of the molecule is B[C@@H]1O[C@H](COC(=O)OCC(C)c2ccccc2N=O)C(OP(OCCC#N)N(C(C)C)C(C)C)C1OCOC(=O)CCC(C)=O. The maximum absolute atomic E-state index is 12.6. The highest BCUT2D eigenvalue weighted by atomic mass is 31.2. The summed E-state index contributed by atoms with van der Waals surface area (Å²) in [5.74, 6) is -1.04. The third kappa shape index (κ3) is 12.7. The molecule has 1 aliphatic heterocycles. The monoisotopic (exact) mass is 665 g/mol. The standard InChI is InChI=1S/C30H45BN3O11P/c1-19(2)34(20(3)4)46(43-15-9-14-32)45-27-25(44-29(31)28(27)42-18-41-26(36)13-12-22(6)35)17-40-30(37)39-16-21(5)23-10-7-8-11-24(23)33-38/h7-8,10-11,19-21,25,27-29H,9,12-13,15-18,31H2,1-6H3/t21?,25-,27?,28?,29-,46?/m1/s1. The van der Waals surface area contributed by atoms with Crippen LogP contribution in [0.25, 0.3) is 0 Å². The smallest absolute Gasteiger partial charge is 0.438 e. The Balaban J connectivity index is 2.16. The first-order valence-corrected chi connectivity index (χ1v) is 16.4. The van der Waals surface area contributed by atoms with Gasteiger partial charge in [0.05, 0.1) is 31.5 Å². The van der Waals surface area contributed by atoms with E-state index in [1.54, 1.807) is 39.0 Å². The van der Waals surface area contributed by atoms with Gasteiger partial charge in [-0.1, -0.05) is 25.1 Å². The van der Waals surface area contributed by atoms with Crippen LogP contribution >= 0.6 is 8.53 Å². The Bertz CT molecular complexity index is 1180. The molecule has 254 valence electrons. The van der Waals surface area contributed by atoms with E-state index in [2.05, 4.69) is 11.2 Å². The molecule has 0 aliphatic carbocycles. The summed E-state index contributed by atoms with van der Waals surface area (Å²) in [5, 5.41) is 12.1. The maximum atomic E-state index is 12.6. The number of nitroso groups, excluding NO2 is 1. The molecule has 16 heteroatoms. The van der Waals surface area contributed by atoms with Crippen molar-refractivity contribution in [1.29, 1.82) is 5.26 Å². The highest BCUT2D eigenvalue weighted by Gasteiger charge is 2.47. The van der Waals surface area contributed by atoms with Crippen LogP contribution in [0.15, 0.2) is 29.4 Å². The van der Waals surface area contributed by atoms with Crippen molar-refractivity contribution in [1.82, 2.24) is 4.67 Å². The van der Waals surface area contributed by atoms with Gasteiger partial charge >= 0.3 is 12.1 Å². The van der Waals surface area contributed by atoms with Gasteiger partial charge in [-0.2, -0.15) is 5.26 Å². The van der Waals surface area contributed by atoms with Crippen molar-refractivity contribution in [2.24, 2.45) is 5.18 Å². The van der Waals surface area contributed by atoms with Gasteiger partial charge in [-0.05, 0) is 51.4 Å². The Labute approximate surface area is 272 Å². The van der Waals surface area contributed by atoms with Crippen molar-refractivity contribution >= 4 is 40.0 Å². The molecule has 4 unspecified atom stereocenters. The second-order valence-electron chi connectivity index (χ2n) is 11.4. The van der Waals surface area contributed by atoms with Gasteiger partial charge in [0.1, 0.15) is 50.8 Å². The van der Waals surface area contributed by atoms with Crippen LogP contribution in [0.4, 0.5) is 10.5 Å². The quantitative estimate of drug-likeness (QED) is 0.0472. The molecule has 1 aliphatic rings. The molecule has 0 saturated carbocycles. The average molecular weight is 665 g/mol. The zero-order valence-electron chi connectivity index (χ0n) is 27.6. The van der Waals surface area contributed by atoms with Gasteiger partial charge in [-0.15, -0.1) is 4.91 Å². The fraction of sp³-hybridized carbons (Fsp3) is 0.667. The first-order chi connectivity index (χ1) is 21.9. The molecule has 14 nitrogen and oxygen atoms in total. The van der Waals surface area contributed by atoms with E-state index in [1.165, 1.54) is 6.92 Å². The number of carbonyl (C=O) groups is 3. The van der Waals surface area contributed by atoms with Crippen molar-refractivity contribution in [3.63, 3.8) is 0 Å². The summed E-state index contributed by atoms with van der Waals surface area (Å²) in [4.78, 5) is 47.0. The Hall–Kier alpha value is -2.99. The van der Waals surface area contributed by atoms with E-state index in [4.69, 9.17) is 38.0 Å². The van der Waals surface area contributed by atoms with E-state index in [9.17, 15) is 19.3 Å². The van der Waals surface area contributed by atoms with E-state index in [0.29, 0.717) is 5.56 Å². The number of benzene rings is 1. The third-order valence-electron chi connectivity index (χ3n) is 6.96. The van der Waals surface area contributed by atoms with Crippen LogP contribution in [0, 0.1) is 16.2 Å². The number of ketones is 1. The third-order valence-corrected chi connectivity index (χ3v) is 9.09. The number of carbonyl (C=O) groups excluding carboxylic acids is 3. The molecule has 0 spiro atoms. The molecule has 0 amide bonds. The molecule has 0 bridgehead atoms. The summed E-state index contributed by atoms with van der Waals surface area (Å²) in [5.41, 5.74) is 0.902. The van der Waals surface area contributed by atoms with Crippen LogP contribution in [0.5, 0.6) is 0 Å². The number of ether oxygens (including phenoxy) is 5. The normalized spacial score (nSPS) is 20.7. The molecule has 1 heterocycles. The summed E-state index contributed by atoms with van der Waals surface area (Å²) in [6.07, 6.45) is -3.21. The number of hydrogen-bond donors (Lipinski definition) is 0. The van der Waals surface area contributed by atoms with Crippen LogP contribution in [-0.4, -0.2) is 93.4 Å². The van der Waals surface area contributed by atoms with E-state index in [0.717, 1.165) is 0 Å². The Morgan fingerprint density at radius 2 is 1.76 bits per heavy atom.